The molecule has 0 bridgehead atoms. The lowest BCUT2D eigenvalue weighted by atomic mass is 9.91. The Bertz CT molecular complexity index is 626. The zero-order chi connectivity index (χ0) is 24.4. The SMILES string of the molecule is CC(C)C[C@H]1NC[C@@H](C(=O)OC(C)(C)C)[C@H]1N(C(=O)OC(C)(C)C)C(=O)OC(C)(C)C. The third-order valence-electron chi connectivity index (χ3n) is 4.34. The highest BCUT2D eigenvalue weighted by Crippen LogP contribution is 2.30. The monoisotopic (exact) mass is 442 g/mol. The summed E-state index contributed by atoms with van der Waals surface area (Å²) in [4.78, 5) is 40.4. The summed E-state index contributed by atoms with van der Waals surface area (Å²) >= 11 is 0. The lowest BCUT2D eigenvalue weighted by Crippen LogP contribution is -2.56. The van der Waals surface area contributed by atoms with Crippen molar-refractivity contribution in [3.05, 3.63) is 0 Å². The summed E-state index contributed by atoms with van der Waals surface area (Å²) in [6.45, 7) is 20.1. The molecular weight excluding hydrogens is 400 g/mol. The molecule has 8 nitrogen and oxygen atoms in total. The third kappa shape index (κ3) is 9.05. The van der Waals surface area contributed by atoms with Crippen LogP contribution in [0.3, 0.4) is 0 Å². The molecule has 1 N–H and O–H groups in total. The lowest BCUT2D eigenvalue weighted by molar-refractivity contribution is -0.160. The standard InChI is InChI=1S/C23H42N2O6/c1-14(2)12-16-17(15(13-24-16)18(26)29-21(3,4)5)25(19(27)30-22(6,7)8)20(28)31-23(9,10)11/h14-17,24H,12-13H2,1-11H3/t15-,16-,17-/m1/s1. The van der Waals surface area contributed by atoms with Gasteiger partial charge < -0.3 is 19.5 Å². The molecule has 2 amide bonds. The van der Waals surface area contributed by atoms with Crippen molar-refractivity contribution in [2.45, 2.75) is 111 Å². The molecule has 31 heavy (non-hydrogen) atoms. The lowest BCUT2D eigenvalue weighted by Gasteiger charge is -2.36. The summed E-state index contributed by atoms with van der Waals surface area (Å²) in [5.74, 6) is -0.923. The maximum Gasteiger partial charge on any atom is 0.420 e. The minimum absolute atomic E-state index is 0.275. The molecule has 1 saturated heterocycles. The number of ether oxygens (including phenoxy) is 3. The first-order chi connectivity index (χ1) is 13.8. The number of nitrogens with one attached hydrogen (secondary N) is 1. The van der Waals surface area contributed by atoms with Gasteiger partial charge in [0.05, 0.1) is 12.0 Å². The third-order valence-corrected chi connectivity index (χ3v) is 4.34. The van der Waals surface area contributed by atoms with Gasteiger partial charge in [0.15, 0.2) is 0 Å². The van der Waals surface area contributed by atoms with Crippen LogP contribution in [0.25, 0.3) is 0 Å². The first-order valence-electron chi connectivity index (χ1n) is 11.0. The Morgan fingerprint density at radius 3 is 1.61 bits per heavy atom. The minimum atomic E-state index is -0.835. The molecule has 0 unspecified atom stereocenters. The molecule has 0 aromatic carbocycles. The van der Waals surface area contributed by atoms with Crippen LogP contribution in [-0.4, -0.2) is 58.5 Å². The average molecular weight is 443 g/mol. The van der Waals surface area contributed by atoms with Crippen LogP contribution in [0.4, 0.5) is 9.59 Å². The highest BCUT2D eigenvalue weighted by molar-refractivity contribution is 5.90. The van der Waals surface area contributed by atoms with Gasteiger partial charge in [-0.2, -0.15) is 0 Å². The van der Waals surface area contributed by atoms with Gasteiger partial charge in [0, 0.05) is 12.6 Å². The van der Waals surface area contributed by atoms with Crippen molar-refractivity contribution >= 4 is 18.2 Å². The minimum Gasteiger partial charge on any atom is -0.460 e. The van der Waals surface area contributed by atoms with E-state index in [0.29, 0.717) is 13.0 Å². The number of carbonyl (C=O) groups is 3. The smallest absolute Gasteiger partial charge is 0.420 e. The van der Waals surface area contributed by atoms with E-state index in [1.807, 2.05) is 13.8 Å². The summed E-state index contributed by atoms with van der Waals surface area (Å²) in [5, 5.41) is 3.31. The van der Waals surface area contributed by atoms with E-state index < -0.39 is 46.9 Å². The predicted molar refractivity (Wildman–Crippen MR) is 119 cm³/mol. The summed E-state index contributed by atoms with van der Waals surface area (Å²) in [6, 6.07) is -1.08. The van der Waals surface area contributed by atoms with Crippen molar-refractivity contribution in [1.82, 2.24) is 10.2 Å². The first kappa shape index (κ1) is 27.2. The first-order valence-corrected chi connectivity index (χ1v) is 11.0. The molecule has 0 saturated carbocycles. The van der Waals surface area contributed by atoms with Crippen molar-refractivity contribution in [1.29, 1.82) is 0 Å². The van der Waals surface area contributed by atoms with Crippen LogP contribution >= 0.6 is 0 Å². The number of hydrogen-bond acceptors (Lipinski definition) is 7. The van der Waals surface area contributed by atoms with Crippen LogP contribution in [0.15, 0.2) is 0 Å². The van der Waals surface area contributed by atoms with Gasteiger partial charge in [-0.3, -0.25) is 4.79 Å². The molecule has 0 aromatic heterocycles. The Kier molecular flexibility index (Phi) is 8.56. The molecule has 0 aromatic rings. The van der Waals surface area contributed by atoms with Gasteiger partial charge in [-0.25, -0.2) is 14.5 Å². The number of rotatable bonds is 4. The number of amides is 2. The Morgan fingerprint density at radius 2 is 1.26 bits per heavy atom. The molecule has 0 spiro atoms. The number of hydrogen-bond donors (Lipinski definition) is 1. The highest BCUT2D eigenvalue weighted by Gasteiger charge is 2.51. The highest BCUT2D eigenvalue weighted by atomic mass is 16.6. The normalized spacial score (nSPS) is 22.3. The fourth-order valence-corrected chi connectivity index (χ4v) is 3.43. The Balaban J connectivity index is 3.42. The van der Waals surface area contributed by atoms with E-state index in [9.17, 15) is 14.4 Å². The molecule has 1 aliphatic heterocycles. The molecule has 1 aliphatic rings. The van der Waals surface area contributed by atoms with Crippen molar-refractivity contribution in [3.63, 3.8) is 0 Å². The molecule has 1 fully saturated rings. The average Bonchev–Trinajstić information content (AvgIpc) is 2.84. The number of imide groups is 1. The summed E-state index contributed by atoms with van der Waals surface area (Å²) < 4.78 is 16.7. The fraction of sp³-hybridized carbons (Fsp3) is 0.870. The summed E-state index contributed by atoms with van der Waals surface area (Å²) in [5.41, 5.74) is -2.34. The van der Waals surface area contributed by atoms with E-state index in [1.165, 1.54) is 0 Å². The van der Waals surface area contributed by atoms with Crippen molar-refractivity contribution < 1.29 is 28.6 Å². The van der Waals surface area contributed by atoms with E-state index in [0.717, 1.165) is 4.90 Å². The maximum atomic E-state index is 13.2. The van der Waals surface area contributed by atoms with Crippen molar-refractivity contribution in [3.8, 4) is 0 Å². The van der Waals surface area contributed by atoms with Gasteiger partial charge in [-0.1, -0.05) is 13.8 Å². The van der Waals surface area contributed by atoms with E-state index in [4.69, 9.17) is 14.2 Å². The summed E-state index contributed by atoms with van der Waals surface area (Å²) in [6.07, 6.45) is -1.01. The van der Waals surface area contributed by atoms with Crippen LogP contribution in [0.2, 0.25) is 0 Å². The molecule has 1 heterocycles. The van der Waals surface area contributed by atoms with Gasteiger partial charge >= 0.3 is 18.2 Å². The molecule has 8 heteroatoms. The van der Waals surface area contributed by atoms with Crippen LogP contribution in [0.1, 0.15) is 82.6 Å². The second-order valence-corrected chi connectivity index (χ2v) is 11.6. The number of carbonyl (C=O) groups excluding carboxylic acids is 3. The second-order valence-electron chi connectivity index (χ2n) is 11.6. The Labute approximate surface area is 187 Å². The number of esters is 1. The van der Waals surface area contributed by atoms with Crippen LogP contribution in [0, 0.1) is 11.8 Å². The zero-order valence-corrected chi connectivity index (χ0v) is 21.1. The Hall–Kier alpha value is -1.83. The quantitative estimate of drug-likeness (QED) is 0.506. The topological polar surface area (TPSA) is 94.2 Å². The van der Waals surface area contributed by atoms with Crippen molar-refractivity contribution in [2.75, 3.05) is 6.54 Å². The molecule has 3 atom stereocenters. The molecule has 0 aliphatic carbocycles. The number of nitrogens with zero attached hydrogens (tertiary/aromatic N) is 1. The van der Waals surface area contributed by atoms with Crippen LogP contribution < -0.4 is 5.32 Å². The van der Waals surface area contributed by atoms with Gasteiger partial charge in [0.2, 0.25) is 0 Å². The molecule has 1 rings (SSSR count). The van der Waals surface area contributed by atoms with E-state index in [1.54, 1.807) is 62.3 Å². The fourth-order valence-electron chi connectivity index (χ4n) is 3.43. The largest absolute Gasteiger partial charge is 0.460 e. The predicted octanol–water partition coefficient (Wildman–Crippen LogP) is 4.50. The van der Waals surface area contributed by atoms with Crippen LogP contribution in [0.5, 0.6) is 0 Å². The zero-order valence-electron chi connectivity index (χ0n) is 21.1. The van der Waals surface area contributed by atoms with Crippen LogP contribution in [-0.2, 0) is 19.0 Å². The maximum absolute atomic E-state index is 13.2. The second kappa shape index (κ2) is 9.76. The molecule has 0 radical (unpaired) electrons. The molecular formula is C23H42N2O6. The van der Waals surface area contributed by atoms with Gasteiger partial charge in [-0.05, 0) is 74.7 Å². The van der Waals surface area contributed by atoms with Gasteiger partial charge in [0.1, 0.15) is 16.8 Å². The Morgan fingerprint density at radius 1 is 0.839 bits per heavy atom. The summed E-state index contributed by atoms with van der Waals surface area (Å²) in [7, 11) is 0. The van der Waals surface area contributed by atoms with E-state index in [-0.39, 0.29) is 12.0 Å². The van der Waals surface area contributed by atoms with Gasteiger partial charge in [-0.15, -0.1) is 0 Å². The van der Waals surface area contributed by atoms with Gasteiger partial charge in [0.25, 0.3) is 0 Å². The van der Waals surface area contributed by atoms with E-state index in [2.05, 4.69) is 5.32 Å². The van der Waals surface area contributed by atoms with E-state index >= 15 is 0 Å². The molecule has 180 valence electrons. The van der Waals surface area contributed by atoms with Crippen molar-refractivity contribution in [2.24, 2.45) is 11.8 Å².